The molecule has 0 bridgehead atoms. The van der Waals surface area contributed by atoms with Crippen molar-refractivity contribution < 1.29 is 4.79 Å². The van der Waals surface area contributed by atoms with E-state index >= 15 is 0 Å². The number of hydrogen-bond acceptors (Lipinski definition) is 5. The van der Waals surface area contributed by atoms with Gasteiger partial charge in [-0.3, -0.25) is 9.69 Å². The number of nitrogens with zero attached hydrogens (tertiary/aromatic N) is 3. The second kappa shape index (κ2) is 7.39. The molecule has 0 aromatic heterocycles. The molecule has 2 rings (SSSR count). The molecule has 1 aliphatic rings. The van der Waals surface area contributed by atoms with Gasteiger partial charge in [-0.25, -0.2) is 0 Å². The van der Waals surface area contributed by atoms with Crippen molar-refractivity contribution >= 4 is 11.5 Å². The smallest absolute Gasteiger partial charge is 0.161 e. The summed E-state index contributed by atoms with van der Waals surface area (Å²) in [5.41, 5.74) is 1.97. The number of hydrogen-bond donors (Lipinski definition) is 1. The van der Waals surface area contributed by atoms with Gasteiger partial charge >= 0.3 is 0 Å². The van der Waals surface area contributed by atoms with Gasteiger partial charge in [0.05, 0.1) is 11.6 Å². The Morgan fingerprint density at radius 3 is 2.64 bits per heavy atom. The van der Waals surface area contributed by atoms with E-state index < -0.39 is 0 Å². The van der Waals surface area contributed by atoms with Gasteiger partial charge in [0, 0.05) is 50.0 Å². The number of benzene rings is 1. The molecule has 0 aliphatic carbocycles. The summed E-state index contributed by atoms with van der Waals surface area (Å²) in [7, 11) is 2.14. The van der Waals surface area contributed by atoms with E-state index in [1.165, 1.54) is 0 Å². The molecule has 0 radical (unpaired) electrons. The maximum atomic E-state index is 11.7. The van der Waals surface area contributed by atoms with Crippen molar-refractivity contribution in [1.82, 2.24) is 9.80 Å². The molecule has 1 aromatic rings. The van der Waals surface area contributed by atoms with Gasteiger partial charge in [-0.2, -0.15) is 5.26 Å². The van der Waals surface area contributed by atoms with E-state index in [0.29, 0.717) is 11.1 Å². The van der Waals surface area contributed by atoms with Crippen LogP contribution in [0.25, 0.3) is 0 Å². The standard InChI is InChI=1S/C17H24N4O/c1-13(12-21-8-6-20(3)7-9-21)19-17-10-15(11-18)4-5-16(17)14(2)22/h4-5,10,13,19H,6-9,12H2,1-3H3. The molecule has 118 valence electrons. The lowest BCUT2D eigenvalue weighted by atomic mass is 10.1. The van der Waals surface area contributed by atoms with Gasteiger partial charge in [0.25, 0.3) is 0 Å². The van der Waals surface area contributed by atoms with Crippen molar-refractivity contribution in [2.75, 3.05) is 45.1 Å². The van der Waals surface area contributed by atoms with Crippen molar-refractivity contribution in [2.45, 2.75) is 19.9 Å². The van der Waals surface area contributed by atoms with Crippen LogP contribution in [0.1, 0.15) is 29.8 Å². The Morgan fingerprint density at radius 1 is 1.36 bits per heavy atom. The Bertz CT molecular complexity index is 571. The number of rotatable bonds is 5. The lowest BCUT2D eigenvalue weighted by Gasteiger charge is -2.34. The number of Topliss-reactive ketones (excluding diaryl/α,β-unsaturated/α-hetero) is 1. The summed E-state index contributed by atoms with van der Waals surface area (Å²) in [6, 6.07) is 7.52. The van der Waals surface area contributed by atoms with Crippen molar-refractivity contribution in [1.29, 1.82) is 5.26 Å². The summed E-state index contributed by atoms with van der Waals surface area (Å²) in [6.07, 6.45) is 0. The first-order valence-corrected chi connectivity index (χ1v) is 7.72. The minimum Gasteiger partial charge on any atom is -0.381 e. The molecule has 5 heteroatoms. The van der Waals surface area contributed by atoms with Crippen molar-refractivity contribution in [3.05, 3.63) is 29.3 Å². The maximum Gasteiger partial charge on any atom is 0.161 e. The number of ketones is 1. The van der Waals surface area contributed by atoms with Crippen LogP contribution in [0.3, 0.4) is 0 Å². The van der Waals surface area contributed by atoms with Crippen molar-refractivity contribution in [3.63, 3.8) is 0 Å². The summed E-state index contributed by atoms with van der Waals surface area (Å²) in [4.78, 5) is 16.5. The number of carbonyl (C=O) groups excluding carboxylic acids is 1. The van der Waals surface area contributed by atoms with E-state index in [9.17, 15) is 4.79 Å². The lowest BCUT2D eigenvalue weighted by Crippen LogP contribution is -2.47. The third-order valence-electron chi connectivity index (χ3n) is 4.06. The van der Waals surface area contributed by atoms with Gasteiger partial charge in [0.15, 0.2) is 5.78 Å². The lowest BCUT2D eigenvalue weighted by molar-refractivity contribution is 0.101. The summed E-state index contributed by atoms with van der Waals surface area (Å²) in [5.74, 6) is 0.0128. The highest BCUT2D eigenvalue weighted by Crippen LogP contribution is 2.19. The highest BCUT2D eigenvalue weighted by atomic mass is 16.1. The van der Waals surface area contributed by atoms with Gasteiger partial charge in [0.1, 0.15) is 0 Å². The Morgan fingerprint density at radius 2 is 2.05 bits per heavy atom. The van der Waals surface area contributed by atoms with Gasteiger partial charge in [-0.05, 0) is 39.1 Å². The summed E-state index contributed by atoms with van der Waals surface area (Å²) in [6.45, 7) is 8.92. The van der Waals surface area contributed by atoms with Crippen LogP contribution >= 0.6 is 0 Å². The average molecular weight is 300 g/mol. The van der Waals surface area contributed by atoms with Crippen LogP contribution < -0.4 is 5.32 Å². The van der Waals surface area contributed by atoms with Crippen LogP contribution in [0.5, 0.6) is 0 Å². The van der Waals surface area contributed by atoms with Crippen LogP contribution in [-0.2, 0) is 0 Å². The third-order valence-corrected chi connectivity index (χ3v) is 4.06. The minimum atomic E-state index is 0.0128. The number of piperazine rings is 1. The zero-order chi connectivity index (χ0) is 16.1. The molecule has 1 saturated heterocycles. The maximum absolute atomic E-state index is 11.7. The Labute approximate surface area is 132 Å². The van der Waals surface area contributed by atoms with E-state index in [2.05, 4.69) is 35.2 Å². The number of nitriles is 1. The third kappa shape index (κ3) is 4.30. The minimum absolute atomic E-state index is 0.0128. The Kier molecular flexibility index (Phi) is 5.53. The zero-order valence-corrected chi connectivity index (χ0v) is 13.6. The van der Waals surface area contributed by atoms with E-state index in [4.69, 9.17) is 5.26 Å². The van der Waals surface area contributed by atoms with Gasteiger partial charge in [-0.15, -0.1) is 0 Å². The monoisotopic (exact) mass is 300 g/mol. The number of likely N-dealkylation sites (N-methyl/N-ethyl adjacent to an activating group) is 1. The van der Waals surface area contributed by atoms with Crippen LogP contribution in [0.2, 0.25) is 0 Å². The van der Waals surface area contributed by atoms with Crippen LogP contribution in [0, 0.1) is 11.3 Å². The quantitative estimate of drug-likeness (QED) is 0.840. The Balaban J connectivity index is 2.02. The highest BCUT2D eigenvalue weighted by molar-refractivity contribution is 5.99. The normalized spacial score (nSPS) is 17.7. The molecule has 1 heterocycles. The van der Waals surface area contributed by atoms with Crippen molar-refractivity contribution in [3.8, 4) is 6.07 Å². The molecule has 1 N–H and O–H groups in total. The zero-order valence-electron chi connectivity index (χ0n) is 13.6. The van der Waals surface area contributed by atoms with Crippen molar-refractivity contribution in [2.24, 2.45) is 0 Å². The highest BCUT2D eigenvalue weighted by Gasteiger charge is 2.17. The molecule has 1 atom stereocenters. The molecule has 22 heavy (non-hydrogen) atoms. The summed E-state index contributed by atoms with van der Waals surface area (Å²) in [5, 5.41) is 12.4. The van der Waals surface area contributed by atoms with Crippen LogP contribution in [-0.4, -0.2) is 61.4 Å². The molecule has 5 nitrogen and oxygen atoms in total. The van der Waals surface area contributed by atoms with E-state index in [0.717, 1.165) is 38.4 Å². The fraction of sp³-hybridized carbons (Fsp3) is 0.529. The largest absolute Gasteiger partial charge is 0.381 e. The fourth-order valence-corrected chi connectivity index (χ4v) is 2.77. The molecule has 0 saturated carbocycles. The molecular weight excluding hydrogens is 276 g/mol. The fourth-order valence-electron chi connectivity index (χ4n) is 2.77. The molecule has 1 fully saturated rings. The topological polar surface area (TPSA) is 59.4 Å². The summed E-state index contributed by atoms with van der Waals surface area (Å²) >= 11 is 0. The number of anilines is 1. The molecule has 1 aliphatic heterocycles. The van der Waals surface area contributed by atoms with Gasteiger partial charge < -0.3 is 10.2 Å². The molecule has 0 amide bonds. The predicted molar refractivity (Wildman–Crippen MR) is 88.2 cm³/mol. The second-order valence-electron chi connectivity index (χ2n) is 6.08. The number of carbonyl (C=O) groups is 1. The molecule has 1 aromatic carbocycles. The second-order valence-corrected chi connectivity index (χ2v) is 6.08. The summed E-state index contributed by atoms with van der Waals surface area (Å²) < 4.78 is 0. The molecule has 0 spiro atoms. The average Bonchev–Trinajstić information content (AvgIpc) is 2.49. The Hall–Kier alpha value is -1.90. The molecule has 1 unspecified atom stereocenters. The van der Waals surface area contributed by atoms with E-state index in [-0.39, 0.29) is 11.8 Å². The van der Waals surface area contributed by atoms with Crippen LogP contribution in [0.4, 0.5) is 5.69 Å². The molecular formula is C17H24N4O. The van der Waals surface area contributed by atoms with E-state index in [1.54, 1.807) is 25.1 Å². The van der Waals surface area contributed by atoms with E-state index in [1.807, 2.05) is 0 Å². The SMILES string of the molecule is CC(=O)c1ccc(C#N)cc1NC(C)CN1CCN(C)CC1. The van der Waals surface area contributed by atoms with Gasteiger partial charge in [0.2, 0.25) is 0 Å². The first-order valence-electron chi connectivity index (χ1n) is 7.72. The predicted octanol–water partition coefficient (Wildman–Crippen LogP) is 1.81. The first-order chi connectivity index (χ1) is 10.5. The van der Waals surface area contributed by atoms with Crippen LogP contribution in [0.15, 0.2) is 18.2 Å². The first kappa shape index (κ1) is 16.5. The number of nitrogens with one attached hydrogen (secondary N) is 1. The van der Waals surface area contributed by atoms with Gasteiger partial charge in [-0.1, -0.05) is 0 Å².